The van der Waals surface area contributed by atoms with Crippen LogP contribution >= 0.6 is 11.8 Å². The smallest absolute Gasteiger partial charge is 0.232 e. The summed E-state index contributed by atoms with van der Waals surface area (Å²) in [6, 6.07) is 18.3. The monoisotopic (exact) mass is 337 g/mol. The van der Waals surface area contributed by atoms with Crippen molar-refractivity contribution in [1.82, 2.24) is 15.0 Å². The molecule has 122 valence electrons. The van der Waals surface area contributed by atoms with Crippen molar-refractivity contribution in [2.75, 3.05) is 11.1 Å². The van der Waals surface area contributed by atoms with Gasteiger partial charge in [0.25, 0.3) is 0 Å². The third-order valence-electron chi connectivity index (χ3n) is 3.43. The van der Waals surface area contributed by atoms with Gasteiger partial charge in [-0.3, -0.25) is 0 Å². The maximum Gasteiger partial charge on any atom is 0.232 e. The Labute approximate surface area is 145 Å². The molecular formula is C18H19N5S. The zero-order valence-electron chi connectivity index (χ0n) is 13.4. The van der Waals surface area contributed by atoms with Gasteiger partial charge in [-0.25, -0.2) is 0 Å². The number of aromatic nitrogens is 3. The van der Waals surface area contributed by atoms with Crippen LogP contribution in [0, 0.1) is 6.92 Å². The second kappa shape index (κ2) is 7.79. The van der Waals surface area contributed by atoms with E-state index in [0.717, 1.165) is 17.0 Å². The summed E-state index contributed by atoms with van der Waals surface area (Å²) < 4.78 is 0. The van der Waals surface area contributed by atoms with Gasteiger partial charge in [0.2, 0.25) is 11.9 Å². The van der Waals surface area contributed by atoms with E-state index in [9.17, 15) is 0 Å². The van der Waals surface area contributed by atoms with Gasteiger partial charge in [0.05, 0.1) is 5.75 Å². The Bertz CT molecular complexity index is 808. The van der Waals surface area contributed by atoms with E-state index in [1.54, 1.807) is 11.8 Å². The largest absolute Gasteiger partial charge is 0.368 e. The lowest BCUT2D eigenvalue weighted by Gasteiger charge is -2.09. The fraction of sp³-hybridized carbons (Fsp3) is 0.167. The van der Waals surface area contributed by atoms with Crippen LogP contribution in [0.3, 0.4) is 0 Å². The van der Waals surface area contributed by atoms with Gasteiger partial charge in [0.1, 0.15) is 5.82 Å². The molecule has 3 aromatic rings. The average molecular weight is 337 g/mol. The van der Waals surface area contributed by atoms with Gasteiger partial charge in [-0.15, -0.1) is 11.8 Å². The van der Waals surface area contributed by atoms with Crippen LogP contribution < -0.4 is 11.1 Å². The molecule has 5 nitrogen and oxygen atoms in total. The molecule has 0 amide bonds. The molecular weight excluding hydrogens is 318 g/mol. The first-order valence-corrected chi connectivity index (χ1v) is 8.81. The van der Waals surface area contributed by atoms with Crippen LogP contribution in [0.25, 0.3) is 0 Å². The lowest BCUT2D eigenvalue weighted by molar-refractivity contribution is 0.981. The Kier molecular flexibility index (Phi) is 5.28. The SMILES string of the molecule is Cc1ccccc1Nc1nc(N)nc(CSCc2ccccc2)n1. The number of benzene rings is 2. The first-order chi connectivity index (χ1) is 11.7. The van der Waals surface area contributed by atoms with Crippen LogP contribution in [0.4, 0.5) is 17.6 Å². The van der Waals surface area contributed by atoms with Crippen molar-refractivity contribution in [3.63, 3.8) is 0 Å². The van der Waals surface area contributed by atoms with E-state index in [-0.39, 0.29) is 5.95 Å². The zero-order chi connectivity index (χ0) is 16.8. The van der Waals surface area contributed by atoms with Crippen LogP contribution in [0.5, 0.6) is 0 Å². The number of hydrogen-bond donors (Lipinski definition) is 2. The van der Waals surface area contributed by atoms with E-state index in [0.29, 0.717) is 17.5 Å². The summed E-state index contributed by atoms with van der Waals surface area (Å²) in [5.41, 5.74) is 9.19. The van der Waals surface area contributed by atoms with E-state index in [1.165, 1.54) is 5.56 Å². The fourth-order valence-corrected chi connectivity index (χ4v) is 3.07. The molecule has 3 rings (SSSR count). The molecule has 24 heavy (non-hydrogen) atoms. The average Bonchev–Trinajstić information content (AvgIpc) is 2.57. The summed E-state index contributed by atoms with van der Waals surface area (Å²) in [4.78, 5) is 12.9. The molecule has 3 N–H and O–H groups in total. The van der Waals surface area contributed by atoms with Crippen molar-refractivity contribution in [3.8, 4) is 0 Å². The third-order valence-corrected chi connectivity index (χ3v) is 4.43. The summed E-state index contributed by atoms with van der Waals surface area (Å²) in [6.07, 6.45) is 0. The van der Waals surface area contributed by atoms with E-state index in [2.05, 4.69) is 32.4 Å². The number of nitrogen functional groups attached to an aromatic ring is 1. The van der Waals surface area contributed by atoms with Crippen molar-refractivity contribution in [3.05, 3.63) is 71.5 Å². The standard InChI is InChI=1S/C18H19N5S/c1-13-7-5-6-10-15(13)20-18-22-16(21-17(19)23-18)12-24-11-14-8-3-2-4-9-14/h2-10H,11-12H2,1H3,(H3,19,20,21,22,23). The minimum atomic E-state index is 0.233. The van der Waals surface area contributed by atoms with E-state index < -0.39 is 0 Å². The molecule has 0 atom stereocenters. The molecule has 0 radical (unpaired) electrons. The Hall–Kier alpha value is -2.60. The first kappa shape index (κ1) is 16.3. The molecule has 0 saturated heterocycles. The number of nitrogens with two attached hydrogens (primary N) is 1. The van der Waals surface area contributed by atoms with Gasteiger partial charge >= 0.3 is 0 Å². The highest BCUT2D eigenvalue weighted by atomic mass is 32.2. The van der Waals surface area contributed by atoms with Crippen LogP contribution in [0.15, 0.2) is 54.6 Å². The highest BCUT2D eigenvalue weighted by Crippen LogP contribution is 2.20. The molecule has 0 unspecified atom stereocenters. The Balaban J connectivity index is 1.66. The Morgan fingerprint density at radius 2 is 1.67 bits per heavy atom. The molecule has 2 aromatic carbocycles. The molecule has 1 heterocycles. The van der Waals surface area contributed by atoms with Crippen LogP contribution in [-0.2, 0) is 11.5 Å². The molecule has 6 heteroatoms. The zero-order valence-corrected chi connectivity index (χ0v) is 14.3. The fourth-order valence-electron chi connectivity index (χ4n) is 2.23. The summed E-state index contributed by atoms with van der Waals surface area (Å²) in [7, 11) is 0. The second-order valence-corrected chi connectivity index (χ2v) is 6.34. The maximum absolute atomic E-state index is 5.82. The Morgan fingerprint density at radius 1 is 0.917 bits per heavy atom. The van der Waals surface area contributed by atoms with E-state index in [1.807, 2.05) is 49.4 Å². The molecule has 1 aromatic heterocycles. The van der Waals surface area contributed by atoms with E-state index in [4.69, 9.17) is 5.73 Å². The molecule has 0 spiro atoms. The predicted octanol–water partition coefficient (Wildman–Crippen LogP) is 3.94. The minimum Gasteiger partial charge on any atom is -0.368 e. The second-order valence-electron chi connectivity index (χ2n) is 5.35. The predicted molar refractivity (Wildman–Crippen MR) is 100 cm³/mol. The van der Waals surface area contributed by atoms with Gasteiger partial charge in [0.15, 0.2) is 0 Å². The molecule has 0 fully saturated rings. The van der Waals surface area contributed by atoms with Gasteiger partial charge in [-0.05, 0) is 24.1 Å². The van der Waals surface area contributed by atoms with Crippen LogP contribution in [0.1, 0.15) is 17.0 Å². The highest BCUT2D eigenvalue weighted by molar-refractivity contribution is 7.97. The third kappa shape index (κ3) is 4.45. The van der Waals surface area contributed by atoms with Gasteiger partial charge in [0, 0.05) is 11.4 Å². The lowest BCUT2D eigenvalue weighted by atomic mass is 10.2. The van der Waals surface area contributed by atoms with Crippen LogP contribution in [-0.4, -0.2) is 15.0 Å². The van der Waals surface area contributed by atoms with E-state index >= 15 is 0 Å². The summed E-state index contributed by atoms with van der Waals surface area (Å²) in [6.45, 7) is 2.03. The number of nitrogens with one attached hydrogen (secondary N) is 1. The molecule has 0 saturated carbocycles. The molecule has 0 bridgehead atoms. The number of thioether (sulfide) groups is 1. The summed E-state index contributed by atoms with van der Waals surface area (Å²) >= 11 is 1.75. The van der Waals surface area contributed by atoms with Crippen LogP contribution in [0.2, 0.25) is 0 Å². The van der Waals surface area contributed by atoms with Crippen molar-refractivity contribution >= 4 is 29.3 Å². The lowest BCUT2D eigenvalue weighted by Crippen LogP contribution is -2.07. The first-order valence-electron chi connectivity index (χ1n) is 7.65. The van der Waals surface area contributed by atoms with Crippen molar-refractivity contribution in [1.29, 1.82) is 0 Å². The number of rotatable bonds is 6. The number of anilines is 3. The molecule has 0 aliphatic rings. The van der Waals surface area contributed by atoms with Gasteiger partial charge in [-0.1, -0.05) is 48.5 Å². The highest BCUT2D eigenvalue weighted by Gasteiger charge is 2.06. The van der Waals surface area contributed by atoms with Crippen molar-refractivity contribution in [2.45, 2.75) is 18.4 Å². The summed E-state index contributed by atoms with van der Waals surface area (Å²) in [5, 5.41) is 3.21. The van der Waals surface area contributed by atoms with Gasteiger partial charge < -0.3 is 11.1 Å². The quantitative estimate of drug-likeness (QED) is 0.709. The van der Waals surface area contributed by atoms with Crippen molar-refractivity contribution < 1.29 is 0 Å². The van der Waals surface area contributed by atoms with Gasteiger partial charge in [-0.2, -0.15) is 15.0 Å². The van der Waals surface area contributed by atoms with Crippen molar-refractivity contribution in [2.24, 2.45) is 0 Å². The molecule has 0 aliphatic heterocycles. The normalized spacial score (nSPS) is 10.5. The number of para-hydroxylation sites is 1. The Morgan fingerprint density at radius 3 is 2.46 bits per heavy atom. The number of nitrogens with zero attached hydrogens (tertiary/aromatic N) is 3. The maximum atomic E-state index is 5.82. The number of hydrogen-bond acceptors (Lipinski definition) is 6. The molecule has 0 aliphatic carbocycles. The number of aryl methyl sites for hydroxylation is 1. The minimum absolute atomic E-state index is 0.233. The summed E-state index contributed by atoms with van der Waals surface area (Å²) in [5.74, 6) is 2.99. The topological polar surface area (TPSA) is 76.7 Å².